The van der Waals surface area contributed by atoms with Crippen LogP contribution < -0.4 is 10.5 Å². The van der Waals surface area contributed by atoms with Crippen molar-refractivity contribution in [1.29, 1.82) is 0 Å². The molecule has 0 aliphatic carbocycles. The van der Waals surface area contributed by atoms with Gasteiger partial charge in [-0.3, -0.25) is 9.20 Å². The Morgan fingerprint density at radius 3 is 2.78 bits per heavy atom. The summed E-state index contributed by atoms with van der Waals surface area (Å²) in [6.07, 6.45) is 3.15. The lowest BCUT2D eigenvalue weighted by atomic mass is 10.0. The maximum atomic E-state index is 15.0. The molecule has 0 saturated heterocycles. The van der Waals surface area contributed by atoms with E-state index in [1.54, 1.807) is 24.0 Å². The van der Waals surface area contributed by atoms with Crippen LogP contribution >= 0.6 is 0 Å². The van der Waals surface area contributed by atoms with Gasteiger partial charge in [-0.05, 0) is 29.0 Å². The van der Waals surface area contributed by atoms with Crippen molar-refractivity contribution in [3.8, 4) is 5.75 Å². The number of benzene rings is 3. The minimum absolute atomic E-state index is 0.0455. The number of rotatable bonds is 2. The third-order valence-electron chi connectivity index (χ3n) is 6.12. The van der Waals surface area contributed by atoms with Crippen LogP contribution in [0.1, 0.15) is 22.0 Å². The van der Waals surface area contributed by atoms with Gasteiger partial charge >= 0.3 is 0 Å². The van der Waals surface area contributed by atoms with Gasteiger partial charge in [-0.25, -0.2) is 14.4 Å². The fourth-order valence-corrected chi connectivity index (χ4v) is 4.39. The van der Waals surface area contributed by atoms with E-state index in [1.807, 2.05) is 36.4 Å². The predicted molar refractivity (Wildman–Crippen MR) is 119 cm³/mol. The number of hydrogen-bond acceptors (Lipinski definition) is 5. The Balaban J connectivity index is 1.42. The van der Waals surface area contributed by atoms with Gasteiger partial charge in [-0.1, -0.05) is 24.3 Å². The standard InChI is InChI=1S/C24H18FN5O2/c1-29(21-11-32-22-7-14-5-3-2-4-13(14)6-16(21)22)24(31)15-8-19-18(9-17(15)25)28-23(26)20-10-27-12-30(19)20/h2-10,12,21H,11H2,1H3,(H2,26,28). The quantitative estimate of drug-likeness (QED) is 0.461. The SMILES string of the molecule is CN(C(=O)c1cc2c(cc1F)nc(N)c1cncn12)C1COc2cc3ccccc3cc21. The van der Waals surface area contributed by atoms with Crippen molar-refractivity contribution in [2.75, 3.05) is 19.4 Å². The van der Waals surface area contributed by atoms with Gasteiger partial charge in [0, 0.05) is 18.7 Å². The van der Waals surface area contributed by atoms with Crippen LogP contribution in [0.3, 0.4) is 0 Å². The number of hydrogen-bond donors (Lipinski definition) is 1. The van der Waals surface area contributed by atoms with Gasteiger partial charge in [0.15, 0.2) is 0 Å². The highest BCUT2D eigenvalue weighted by molar-refractivity contribution is 5.99. The van der Waals surface area contributed by atoms with Crippen LogP contribution in [0.2, 0.25) is 0 Å². The zero-order chi connectivity index (χ0) is 22.0. The molecule has 0 bridgehead atoms. The Labute approximate surface area is 181 Å². The van der Waals surface area contributed by atoms with Crippen molar-refractivity contribution < 1.29 is 13.9 Å². The summed E-state index contributed by atoms with van der Waals surface area (Å²) in [6.45, 7) is 0.312. The molecule has 8 heteroatoms. The molecule has 0 spiro atoms. The highest BCUT2D eigenvalue weighted by atomic mass is 19.1. The molecule has 32 heavy (non-hydrogen) atoms. The molecule has 2 aromatic heterocycles. The number of amides is 1. The largest absolute Gasteiger partial charge is 0.491 e. The minimum Gasteiger partial charge on any atom is -0.491 e. The lowest BCUT2D eigenvalue weighted by Gasteiger charge is -2.24. The molecular weight excluding hydrogens is 409 g/mol. The number of nitrogen functional groups attached to an aromatic ring is 1. The van der Waals surface area contributed by atoms with Crippen molar-refractivity contribution in [2.24, 2.45) is 0 Å². The fourth-order valence-electron chi connectivity index (χ4n) is 4.39. The van der Waals surface area contributed by atoms with E-state index in [1.165, 1.54) is 17.0 Å². The Hall–Kier alpha value is -4.20. The number of fused-ring (bicyclic) bond motifs is 5. The molecule has 2 N–H and O–H groups in total. The molecule has 1 unspecified atom stereocenters. The Morgan fingerprint density at radius 1 is 1.19 bits per heavy atom. The molecule has 7 nitrogen and oxygen atoms in total. The second-order valence-corrected chi connectivity index (χ2v) is 7.95. The van der Waals surface area contributed by atoms with E-state index >= 15 is 0 Å². The molecule has 1 aliphatic rings. The Bertz CT molecular complexity index is 1560. The third kappa shape index (κ3) is 2.62. The van der Waals surface area contributed by atoms with Crippen molar-refractivity contribution in [3.05, 3.63) is 78.0 Å². The van der Waals surface area contributed by atoms with Crippen LogP contribution in [0.15, 0.2) is 61.1 Å². The molecule has 1 aliphatic heterocycles. The molecule has 0 radical (unpaired) electrons. The van der Waals surface area contributed by atoms with Crippen molar-refractivity contribution in [2.45, 2.75) is 6.04 Å². The number of nitrogens with zero attached hydrogens (tertiary/aromatic N) is 4. The summed E-state index contributed by atoms with van der Waals surface area (Å²) >= 11 is 0. The van der Waals surface area contributed by atoms with Crippen LogP contribution in [-0.4, -0.2) is 38.8 Å². The Morgan fingerprint density at radius 2 is 1.97 bits per heavy atom. The number of carbonyl (C=O) groups is 1. The average Bonchev–Trinajstić information content (AvgIpc) is 3.44. The van der Waals surface area contributed by atoms with Gasteiger partial charge in [0.25, 0.3) is 5.91 Å². The first-order valence-electron chi connectivity index (χ1n) is 10.1. The highest BCUT2D eigenvalue weighted by Gasteiger charge is 2.32. The number of likely N-dealkylation sites (N-methyl/N-ethyl adjacent to an activating group) is 1. The normalized spacial score (nSPS) is 15.2. The fraction of sp³-hybridized carbons (Fsp3) is 0.125. The second-order valence-electron chi connectivity index (χ2n) is 7.95. The zero-order valence-electron chi connectivity index (χ0n) is 17.1. The zero-order valence-corrected chi connectivity index (χ0v) is 17.1. The molecule has 1 atom stereocenters. The van der Waals surface area contributed by atoms with Crippen LogP contribution in [0.5, 0.6) is 5.75 Å². The van der Waals surface area contributed by atoms with E-state index in [-0.39, 0.29) is 17.4 Å². The summed E-state index contributed by atoms with van der Waals surface area (Å²) in [7, 11) is 1.67. The first kappa shape index (κ1) is 18.6. The van der Waals surface area contributed by atoms with Gasteiger partial charge < -0.3 is 15.4 Å². The summed E-state index contributed by atoms with van der Waals surface area (Å²) in [6, 6.07) is 14.4. The number of ether oxygens (including phenoxy) is 1. The molecule has 5 aromatic rings. The van der Waals surface area contributed by atoms with Crippen molar-refractivity contribution in [3.63, 3.8) is 0 Å². The van der Waals surface area contributed by atoms with E-state index in [2.05, 4.69) is 9.97 Å². The summed E-state index contributed by atoms with van der Waals surface area (Å²) in [5, 5.41) is 2.13. The molecule has 0 saturated carbocycles. The molecule has 3 aromatic carbocycles. The number of nitrogens with two attached hydrogens (primary N) is 1. The highest BCUT2D eigenvalue weighted by Crippen LogP contribution is 2.39. The van der Waals surface area contributed by atoms with Crippen molar-refractivity contribution in [1.82, 2.24) is 19.3 Å². The van der Waals surface area contributed by atoms with Crippen LogP contribution in [0.25, 0.3) is 27.3 Å². The minimum atomic E-state index is -0.654. The number of halogens is 1. The van der Waals surface area contributed by atoms with Crippen molar-refractivity contribution >= 4 is 39.0 Å². The topological polar surface area (TPSA) is 85.8 Å². The number of aromatic nitrogens is 3. The van der Waals surface area contributed by atoms with Crippen LogP contribution in [-0.2, 0) is 0 Å². The maximum Gasteiger partial charge on any atom is 0.257 e. The monoisotopic (exact) mass is 427 g/mol. The third-order valence-corrected chi connectivity index (χ3v) is 6.12. The summed E-state index contributed by atoms with van der Waals surface area (Å²) in [5.41, 5.74) is 8.32. The second kappa shape index (κ2) is 6.65. The van der Waals surface area contributed by atoms with Gasteiger partial charge in [0.05, 0.1) is 35.2 Å². The average molecular weight is 427 g/mol. The van der Waals surface area contributed by atoms with E-state index in [9.17, 15) is 9.18 Å². The molecule has 1 amide bonds. The van der Waals surface area contributed by atoms with E-state index < -0.39 is 11.7 Å². The number of carbonyl (C=O) groups excluding carboxylic acids is 1. The summed E-state index contributed by atoms with van der Waals surface area (Å²) < 4.78 is 22.6. The lowest BCUT2D eigenvalue weighted by molar-refractivity contribution is 0.0704. The number of imidazole rings is 1. The van der Waals surface area contributed by atoms with Gasteiger partial charge in [0.2, 0.25) is 0 Å². The first-order valence-corrected chi connectivity index (χ1v) is 10.1. The lowest BCUT2D eigenvalue weighted by Crippen LogP contribution is -2.32. The van der Waals surface area contributed by atoms with E-state index in [0.717, 1.165) is 22.1 Å². The molecule has 0 fully saturated rings. The molecule has 6 rings (SSSR count). The first-order chi connectivity index (χ1) is 15.5. The van der Waals surface area contributed by atoms with Crippen LogP contribution in [0, 0.1) is 5.82 Å². The molecular formula is C24H18FN5O2. The van der Waals surface area contributed by atoms with Gasteiger partial charge in [-0.2, -0.15) is 0 Å². The Kier molecular flexibility index (Phi) is 3.86. The summed E-state index contributed by atoms with van der Waals surface area (Å²) in [5.74, 6) is -0.105. The van der Waals surface area contributed by atoms with E-state index in [0.29, 0.717) is 23.2 Å². The molecule has 3 heterocycles. The van der Waals surface area contributed by atoms with Gasteiger partial charge in [0.1, 0.15) is 29.5 Å². The molecule has 158 valence electrons. The maximum absolute atomic E-state index is 15.0. The summed E-state index contributed by atoms with van der Waals surface area (Å²) in [4.78, 5) is 23.2. The number of anilines is 1. The van der Waals surface area contributed by atoms with Gasteiger partial charge in [-0.15, -0.1) is 0 Å². The van der Waals surface area contributed by atoms with E-state index in [4.69, 9.17) is 10.5 Å². The predicted octanol–water partition coefficient (Wildman–Crippen LogP) is 3.96. The van der Waals surface area contributed by atoms with Crippen LogP contribution in [0.4, 0.5) is 10.2 Å². The smallest absolute Gasteiger partial charge is 0.257 e.